The second kappa shape index (κ2) is 29.0. The maximum atomic E-state index is 5.95. The number of alkyl halides is 1. The molecule has 5 heteroatoms. The lowest BCUT2D eigenvalue weighted by atomic mass is 10.0. The van der Waals surface area contributed by atoms with E-state index in [-0.39, 0.29) is 0 Å². The molecule has 0 aliphatic heterocycles. The van der Waals surface area contributed by atoms with E-state index in [2.05, 4.69) is 0 Å². The molecule has 0 fully saturated rings. The van der Waals surface area contributed by atoms with E-state index < -0.39 is 8.80 Å². The van der Waals surface area contributed by atoms with Gasteiger partial charge in [-0.3, -0.25) is 0 Å². The fourth-order valence-electron chi connectivity index (χ4n) is 4.97. The van der Waals surface area contributed by atoms with Crippen molar-refractivity contribution < 1.29 is 13.3 Å². The van der Waals surface area contributed by atoms with E-state index >= 15 is 0 Å². The topological polar surface area (TPSA) is 27.7 Å². The van der Waals surface area contributed by atoms with E-state index in [9.17, 15) is 0 Å². The van der Waals surface area contributed by atoms with Crippen LogP contribution in [0.5, 0.6) is 0 Å². The molecule has 0 aromatic heterocycles. The van der Waals surface area contributed by atoms with E-state index in [1.165, 1.54) is 141 Å². The first-order valence-corrected chi connectivity index (χ1v) is 18.2. The Morgan fingerprint density at radius 1 is 0.371 bits per heavy atom. The molecule has 0 heterocycles. The molecule has 3 nitrogen and oxygen atoms in total. The Balaban J connectivity index is 3.32. The van der Waals surface area contributed by atoms with Crippen LogP contribution in [0.2, 0.25) is 6.04 Å². The van der Waals surface area contributed by atoms with Crippen LogP contribution >= 0.6 is 11.6 Å². The third-order valence-corrected chi connectivity index (χ3v) is 10.4. The number of rotatable bonds is 30. The van der Waals surface area contributed by atoms with Crippen molar-refractivity contribution in [3.63, 3.8) is 0 Å². The Morgan fingerprint density at radius 2 is 0.600 bits per heavy atom. The average molecular weight is 535 g/mol. The Bertz CT molecular complexity index is 381. The van der Waals surface area contributed by atoms with Gasteiger partial charge in [0, 0.05) is 31.7 Å². The number of hydrogen-bond donors (Lipinski definition) is 0. The van der Waals surface area contributed by atoms with Crippen LogP contribution in [-0.2, 0) is 13.3 Å². The molecule has 0 atom stereocenters. The van der Waals surface area contributed by atoms with Crippen LogP contribution in [0.1, 0.15) is 162 Å². The average Bonchev–Trinajstić information content (AvgIpc) is 2.85. The van der Waals surface area contributed by atoms with Gasteiger partial charge >= 0.3 is 8.80 Å². The Labute approximate surface area is 227 Å². The number of halogens is 1. The zero-order valence-electron chi connectivity index (χ0n) is 24.2. The fourth-order valence-corrected chi connectivity index (χ4v) is 7.85. The molecule has 212 valence electrons. The van der Waals surface area contributed by atoms with Gasteiger partial charge in [-0.1, -0.05) is 128 Å². The second-order valence-electron chi connectivity index (χ2n) is 10.2. The standard InChI is InChI=1S/C30H63ClO3Si/c1-4-32-35(33-5-2,34-6-3)30-28-26-24-22-20-18-16-14-12-10-8-7-9-11-13-15-17-19-21-23-25-27-29-31/h4-30H2,1-3H3. The fraction of sp³-hybridized carbons (Fsp3) is 1.00. The first-order chi connectivity index (χ1) is 17.2. The van der Waals surface area contributed by atoms with Gasteiger partial charge in [0.05, 0.1) is 0 Å². The lowest BCUT2D eigenvalue weighted by Crippen LogP contribution is -2.45. The lowest BCUT2D eigenvalue weighted by molar-refractivity contribution is 0.0706. The van der Waals surface area contributed by atoms with Crippen molar-refractivity contribution in [3.05, 3.63) is 0 Å². The third-order valence-electron chi connectivity index (χ3n) is 6.96. The summed E-state index contributed by atoms with van der Waals surface area (Å²) in [5, 5.41) is 0. The van der Waals surface area contributed by atoms with Gasteiger partial charge in [-0.15, -0.1) is 11.6 Å². The Morgan fingerprint density at radius 3 is 0.829 bits per heavy atom. The highest BCUT2D eigenvalue weighted by atomic mass is 35.5. The van der Waals surface area contributed by atoms with Crippen LogP contribution in [0.3, 0.4) is 0 Å². The SMILES string of the molecule is CCO[Si](CCCCCCCCCCCCCCCCCCCCCCCCCl)(OCC)OCC. The summed E-state index contributed by atoms with van der Waals surface area (Å²) in [5.41, 5.74) is 0. The normalized spacial score (nSPS) is 12.0. The van der Waals surface area contributed by atoms with Gasteiger partial charge in [-0.2, -0.15) is 0 Å². The molecule has 0 amide bonds. The van der Waals surface area contributed by atoms with E-state index in [0.717, 1.165) is 11.9 Å². The molecule has 0 bridgehead atoms. The molecule has 0 aromatic carbocycles. The first kappa shape index (κ1) is 35.4. The molecular weight excluding hydrogens is 472 g/mol. The lowest BCUT2D eigenvalue weighted by Gasteiger charge is -2.28. The van der Waals surface area contributed by atoms with Gasteiger partial charge in [-0.05, 0) is 33.6 Å². The summed E-state index contributed by atoms with van der Waals surface area (Å²) in [6.45, 7) is 8.17. The minimum Gasteiger partial charge on any atom is -0.374 e. The number of unbranched alkanes of at least 4 members (excludes halogenated alkanes) is 21. The number of hydrogen-bond acceptors (Lipinski definition) is 3. The summed E-state index contributed by atoms with van der Waals surface area (Å²) in [4.78, 5) is 0. The van der Waals surface area contributed by atoms with Crippen molar-refractivity contribution in [2.24, 2.45) is 0 Å². The molecule has 35 heavy (non-hydrogen) atoms. The second-order valence-corrected chi connectivity index (χ2v) is 13.3. The van der Waals surface area contributed by atoms with Crippen molar-refractivity contribution >= 4 is 20.4 Å². The zero-order valence-corrected chi connectivity index (χ0v) is 26.0. The van der Waals surface area contributed by atoms with E-state index in [0.29, 0.717) is 19.8 Å². The van der Waals surface area contributed by atoms with Crippen LogP contribution in [0.25, 0.3) is 0 Å². The first-order valence-electron chi connectivity index (χ1n) is 15.7. The van der Waals surface area contributed by atoms with Crippen LogP contribution in [0, 0.1) is 0 Å². The van der Waals surface area contributed by atoms with Gasteiger partial charge in [-0.25, -0.2) is 0 Å². The predicted octanol–water partition coefficient (Wildman–Crippen LogP) is 10.9. The summed E-state index contributed by atoms with van der Waals surface area (Å²) in [5.74, 6) is 0.838. The van der Waals surface area contributed by atoms with Crippen molar-refractivity contribution in [3.8, 4) is 0 Å². The van der Waals surface area contributed by atoms with Crippen molar-refractivity contribution in [1.29, 1.82) is 0 Å². The molecule has 0 saturated heterocycles. The van der Waals surface area contributed by atoms with E-state index in [1.807, 2.05) is 20.8 Å². The maximum Gasteiger partial charge on any atom is 0.500 e. The summed E-state index contributed by atoms with van der Waals surface area (Å²) >= 11 is 5.72. The van der Waals surface area contributed by atoms with Crippen LogP contribution in [-0.4, -0.2) is 34.5 Å². The monoisotopic (exact) mass is 534 g/mol. The molecule has 0 aromatic rings. The largest absolute Gasteiger partial charge is 0.500 e. The van der Waals surface area contributed by atoms with Gasteiger partial charge in [0.15, 0.2) is 0 Å². The van der Waals surface area contributed by atoms with Crippen molar-refractivity contribution in [2.45, 2.75) is 168 Å². The van der Waals surface area contributed by atoms with Crippen LogP contribution in [0.4, 0.5) is 0 Å². The third kappa shape index (κ3) is 24.5. The molecular formula is C30H63ClO3Si. The quantitative estimate of drug-likeness (QED) is 0.0520. The smallest absolute Gasteiger partial charge is 0.374 e. The van der Waals surface area contributed by atoms with E-state index in [1.54, 1.807) is 0 Å². The Hall–Kier alpha value is 0.387. The highest BCUT2D eigenvalue weighted by Crippen LogP contribution is 2.21. The van der Waals surface area contributed by atoms with Crippen LogP contribution < -0.4 is 0 Å². The predicted molar refractivity (Wildman–Crippen MR) is 158 cm³/mol. The maximum absolute atomic E-state index is 5.95. The van der Waals surface area contributed by atoms with Crippen molar-refractivity contribution in [1.82, 2.24) is 0 Å². The molecule has 0 radical (unpaired) electrons. The minimum atomic E-state index is -2.42. The summed E-state index contributed by atoms with van der Waals surface area (Å²) < 4.78 is 17.9. The molecule has 0 N–H and O–H groups in total. The highest BCUT2D eigenvalue weighted by molar-refractivity contribution is 6.60. The summed E-state index contributed by atoms with van der Waals surface area (Å²) in [6.07, 6.45) is 30.7. The molecule has 0 unspecified atom stereocenters. The Kier molecular flexibility index (Phi) is 29.3. The van der Waals surface area contributed by atoms with Gasteiger partial charge < -0.3 is 13.3 Å². The van der Waals surface area contributed by atoms with Gasteiger partial charge in [0.2, 0.25) is 0 Å². The summed E-state index contributed by atoms with van der Waals surface area (Å²) in [7, 11) is -2.42. The van der Waals surface area contributed by atoms with E-state index in [4.69, 9.17) is 24.9 Å². The zero-order chi connectivity index (χ0) is 25.7. The minimum absolute atomic E-state index is 0.683. The molecule has 0 spiro atoms. The van der Waals surface area contributed by atoms with Gasteiger partial charge in [0.1, 0.15) is 0 Å². The highest BCUT2D eigenvalue weighted by Gasteiger charge is 2.39. The molecule has 0 rings (SSSR count). The molecule has 0 aliphatic carbocycles. The summed E-state index contributed by atoms with van der Waals surface area (Å²) in [6, 6.07) is 0.971. The van der Waals surface area contributed by atoms with Crippen molar-refractivity contribution in [2.75, 3.05) is 25.7 Å². The molecule has 0 saturated carbocycles. The molecule has 0 aliphatic rings. The van der Waals surface area contributed by atoms with Crippen LogP contribution in [0.15, 0.2) is 0 Å². The van der Waals surface area contributed by atoms with Gasteiger partial charge in [0.25, 0.3) is 0 Å².